The van der Waals surface area contributed by atoms with Crippen LogP contribution in [-0.4, -0.2) is 31.2 Å². The van der Waals surface area contributed by atoms with Crippen molar-refractivity contribution < 1.29 is 4.74 Å². The zero-order valence-corrected chi connectivity index (χ0v) is 13.0. The predicted molar refractivity (Wildman–Crippen MR) is 80.6 cm³/mol. The van der Waals surface area contributed by atoms with Gasteiger partial charge in [-0.15, -0.1) is 0 Å². The second-order valence-corrected chi connectivity index (χ2v) is 5.43. The molecule has 0 heterocycles. The van der Waals surface area contributed by atoms with Gasteiger partial charge in [0.2, 0.25) is 0 Å². The minimum Gasteiger partial charge on any atom is -0.398 e. The summed E-state index contributed by atoms with van der Waals surface area (Å²) in [6, 6.07) is 6.70. The summed E-state index contributed by atoms with van der Waals surface area (Å²) in [6.07, 6.45) is 1.13. The van der Waals surface area contributed by atoms with Crippen molar-refractivity contribution in [3.05, 3.63) is 28.2 Å². The lowest BCUT2D eigenvalue weighted by Crippen LogP contribution is -2.34. The maximum Gasteiger partial charge on any atom is 0.0589 e. The number of benzene rings is 1. The van der Waals surface area contributed by atoms with Crippen molar-refractivity contribution in [1.29, 1.82) is 0 Å². The molecule has 0 amide bonds. The van der Waals surface area contributed by atoms with E-state index in [4.69, 9.17) is 10.5 Å². The van der Waals surface area contributed by atoms with Crippen LogP contribution in [0.5, 0.6) is 0 Å². The quantitative estimate of drug-likeness (QED) is 0.785. The summed E-state index contributed by atoms with van der Waals surface area (Å²) in [5.41, 5.74) is 7.95. The first-order valence-corrected chi connectivity index (χ1v) is 7.14. The van der Waals surface area contributed by atoms with Gasteiger partial charge in [-0.05, 0) is 47.0 Å². The Morgan fingerprint density at radius 2 is 2.17 bits per heavy atom. The Morgan fingerprint density at radius 1 is 1.44 bits per heavy atom. The Balaban J connectivity index is 2.71. The third-order valence-corrected chi connectivity index (χ3v) is 3.97. The summed E-state index contributed by atoms with van der Waals surface area (Å²) in [5, 5.41) is 0. The van der Waals surface area contributed by atoms with Gasteiger partial charge in [-0.3, -0.25) is 4.90 Å². The highest BCUT2D eigenvalue weighted by Crippen LogP contribution is 2.21. The number of halogens is 1. The summed E-state index contributed by atoms with van der Waals surface area (Å²) in [4.78, 5) is 2.42. The highest BCUT2D eigenvalue weighted by atomic mass is 79.9. The minimum atomic E-state index is 0.546. The first kappa shape index (κ1) is 15.5. The first-order chi connectivity index (χ1) is 8.58. The van der Waals surface area contributed by atoms with E-state index in [1.807, 2.05) is 12.1 Å². The lowest BCUT2D eigenvalue weighted by Gasteiger charge is -2.28. The Morgan fingerprint density at radius 3 is 2.72 bits per heavy atom. The van der Waals surface area contributed by atoms with Crippen LogP contribution in [0.3, 0.4) is 0 Å². The van der Waals surface area contributed by atoms with Gasteiger partial charge in [0, 0.05) is 36.4 Å². The van der Waals surface area contributed by atoms with Crippen molar-refractivity contribution in [2.75, 3.05) is 26.0 Å². The molecule has 0 fully saturated rings. The van der Waals surface area contributed by atoms with Gasteiger partial charge in [0.15, 0.2) is 0 Å². The van der Waals surface area contributed by atoms with Crippen LogP contribution in [0.25, 0.3) is 0 Å². The summed E-state index contributed by atoms with van der Waals surface area (Å²) in [5.74, 6) is 0. The fourth-order valence-corrected chi connectivity index (χ4v) is 2.09. The van der Waals surface area contributed by atoms with E-state index in [9.17, 15) is 0 Å². The molecule has 0 radical (unpaired) electrons. The maximum absolute atomic E-state index is 5.92. The smallest absolute Gasteiger partial charge is 0.0589 e. The SMILES string of the molecule is CCC(C)N(CCOC)Cc1ccc(Br)c(N)c1. The number of nitrogens with two attached hydrogens (primary N) is 1. The van der Waals surface area contributed by atoms with E-state index in [2.05, 4.69) is 40.7 Å². The number of nitrogen functional groups attached to an aromatic ring is 1. The number of hydrogen-bond donors (Lipinski definition) is 1. The van der Waals surface area contributed by atoms with Crippen molar-refractivity contribution >= 4 is 21.6 Å². The second-order valence-electron chi connectivity index (χ2n) is 4.58. The van der Waals surface area contributed by atoms with E-state index in [1.54, 1.807) is 7.11 Å². The standard InChI is InChI=1S/C14H23BrN2O/c1-4-11(2)17(7-8-18-3)10-12-5-6-13(15)14(16)9-12/h5-6,9,11H,4,7-8,10,16H2,1-3H3. The predicted octanol–water partition coefficient (Wildman–Crippen LogP) is 3.28. The number of ether oxygens (including phenoxy) is 1. The lowest BCUT2D eigenvalue weighted by molar-refractivity contribution is 0.118. The monoisotopic (exact) mass is 314 g/mol. The molecule has 0 aliphatic rings. The second kappa shape index (κ2) is 7.77. The molecule has 2 N–H and O–H groups in total. The van der Waals surface area contributed by atoms with Crippen LogP contribution < -0.4 is 5.73 Å². The van der Waals surface area contributed by atoms with Gasteiger partial charge in [-0.2, -0.15) is 0 Å². The molecule has 0 aliphatic heterocycles. The average Bonchev–Trinajstić information content (AvgIpc) is 2.37. The third-order valence-electron chi connectivity index (χ3n) is 3.24. The Bertz CT molecular complexity index is 371. The van der Waals surface area contributed by atoms with Crippen molar-refractivity contribution in [1.82, 2.24) is 4.90 Å². The summed E-state index contributed by atoms with van der Waals surface area (Å²) >= 11 is 3.42. The summed E-state index contributed by atoms with van der Waals surface area (Å²) < 4.78 is 6.13. The molecule has 0 bridgehead atoms. The zero-order chi connectivity index (χ0) is 13.5. The van der Waals surface area contributed by atoms with Gasteiger partial charge in [0.25, 0.3) is 0 Å². The Labute approximate surface area is 118 Å². The van der Waals surface area contributed by atoms with E-state index < -0.39 is 0 Å². The Kier molecular flexibility index (Phi) is 6.68. The topological polar surface area (TPSA) is 38.5 Å². The van der Waals surface area contributed by atoms with Gasteiger partial charge in [0.05, 0.1) is 6.61 Å². The van der Waals surface area contributed by atoms with Crippen LogP contribution in [0.15, 0.2) is 22.7 Å². The molecule has 0 aliphatic carbocycles. The van der Waals surface area contributed by atoms with E-state index >= 15 is 0 Å². The fourth-order valence-electron chi connectivity index (χ4n) is 1.85. The van der Waals surface area contributed by atoms with Crippen LogP contribution in [-0.2, 0) is 11.3 Å². The summed E-state index contributed by atoms with van der Waals surface area (Å²) in [7, 11) is 1.74. The van der Waals surface area contributed by atoms with Gasteiger partial charge < -0.3 is 10.5 Å². The molecular formula is C14H23BrN2O. The van der Waals surface area contributed by atoms with Crippen LogP contribution in [0.1, 0.15) is 25.8 Å². The molecule has 1 rings (SSSR count). The van der Waals surface area contributed by atoms with Gasteiger partial charge in [-0.25, -0.2) is 0 Å². The van der Waals surface area contributed by atoms with Gasteiger partial charge in [0.1, 0.15) is 0 Å². The molecular weight excluding hydrogens is 292 g/mol. The zero-order valence-electron chi connectivity index (χ0n) is 11.4. The molecule has 0 saturated carbocycles. The average molecular weight is 315 g/mol. The molecule has 1 atom stereocenters. The van der Waals surface area contributed by atoms with Crippen LogP contribution >= 0.6 is 15.9 Å². The first-order valence-electron chi connectivity index (χ1n) is 6.35. The lowest BCUT2D eigenvalue weighted by atomic mass is 10.1. The van der Waals surface area contributed by atoms with Gasteiger partial charge >= 0.3 is 0 Å². The normalized spacial score (nSPS) is 12.9. The van der Waals surface area contributed by atoms with E-state index in [0.717, 1.165) is 36.3 Å². The maximum atomic E-state index is 5.92. The largest absolute Gasteiger partial charge is 0.398 e. The molecule has 102 valence electrons. The van der Waals surface area contributed by atoms with Crippen molar-refractivity contribution in [3.63, 3.8) is 0 Å². The number of anilines is 1. The fraction of sp³-hybridized carbons (Fsp3) is 0.571. The van der Waals surface area contributed by atoms with Crippen LogP contribution in [0.2, 0.25) is 0 Å². The molecule has 1 unspecified atom stereocenters. The van der Waals surface area contributed by atoms with Crippen LogP contribution in [0.4, 0.5) is 5.69 Å². The number of methoxy groups -OCH3 is 1. The number of rotatable bonds is 7. The Hall–Kier alpha value is -0.580. The van der Waals surface area contributed by atoms with Gasteiger partial charge in [-0.1, -0.05) is 13.0 Å². The van der Waals surface area contributed by atoms with E-state index in [-0.39, 0.29) is 0 Å². The molecule has 1 aromatic carbocycles. The number of nitrogens with zero attached hydrogens (tertiary/aromatic N) is 1. The van der Waals surface area contributed by atoms with Crippen molar-refractivity contribution in [2.24, 2.45) is 0 Å². The molecule has 0 saturated heterocycles. The molecule has 4 heteroatoms. The van der Waals surface area contributed by atoms with Crippen LogP contribution in [0, 0.1) is 0 Å². The highest BCUT2D eigenvalue weighted by molar-refractivity contribution is 9.10. The minimum absolute atomic E-state index is 0.546. The van der Waals surface area contributed by atoms with E-state index in [0.29, 0.717) is 6.04 Å². The molecule has 18 heavy (non-hydrogen) atoms. The van der Waals surface area contributed by atoms with Crippen molar-refractivity contribution in [3.8, 4) is 0 Å². The molecule has 1 aromatic rings. The van der Waals surface area contributed by atoms with Crippen molar-refractivity contribution in [2.45, 2.75) is 32.9 Å². The number of hydrogen-bond acceptors (Lipinski definition) is 3. The summed E-state index contributed by atoms with van der Waals surface area (Å²) in [6.45, 7) is 7.08. The van der Waals surface area contributed by atoms with E-state index in [1.165, 1.54) is 5.56 Å². The molecule has 0 aromatic heterocycles. The molecule has 3 nitrogen and oxygen atoms in total. The third kappa shape index (κ3) is 4.59. The highest BCUT2D eigenvalue weighted by Gasteiger charge is 2.12. The molecule has 0 spiro atoms.